The SMILES string of the molecule is CB1c2cc(C)ccc2N2c3ccc(C)cc3B(C)c3cc(C)cc1c32. The second-order valence-corrected chi connectivity index (χ2v) is 8.20. The van der Waals surface area contributed by atoms with Gasteiger partial charge in [0.2, 0.25) is 13.4 Å². The van der Waals surface area contributed by atoms with Gasteiger partial charge in [-0.1, -0.05) is 88.6 Å². The van der Waals surface area contributed by atoms with Crippen molar-refractivity contribution in [2.24, 2.45) is 0 Å². The smallest absolute Gasteiger partial charge is 0.211 e. The molecule has 0 aromatic heterocycles. The van der Waals surface area contributed by atoms with Crippen LogP contribution in [0, 0.1) is 20.8 Å². The predicted molar refractivity (Wildman–Crippen MR) is 117 cm³/mol. The number of rotatable bonds is 0. The van der Waals surface area contributed by atoms with Gasteiger partial charge < -0.3 is 4.90 Å². The standard InChI is InChI=1S/C23H23B2N/c1-14-6-8-21-17(10-14)24(4)19-12-16(3)13-20-23(19)26(21)22-9-7-15(2)11-18(22)25(20)5/h6-13H,1-5H3. The molecule has 1 nitrogen and oxygen atoms in total. The summed E-state index contributed by atoms with van der Waals surface area (Å²) in [5.74, 6) is 0. The van der Waals surface area contributed by atoms with E-state index in [2.05, 4.69) is 87.8 Å². The van der Waals surface area contributed by atoms with E-state index >= 15 is 0 Å². The fourth-order valence-corrected chi connectivity index (χ4v) is 4.91. The lowest BCUT2D eigenvalue weighted by atomic mass is 9.35. The Morgan fingerprint density at radius 1 is 0.577 bits per heavy atom. The van der Waals surface area contributed by atoms with E-state index in [1.165, 1.54) is 55.6 Å². The summed E-state index contributed by atoms with van der Waals surface area (Å²) >= 11 is 0. The van der Waals surface area contributed by atoms with Crippen LogP contribution in [0.4, 0.5) is 17.1 Å². The zero-order chi connectivity index (χ0) is 18.2. The first-order chi connectivity index (χ1) is 12.5. The van der Waals surface area contributed by atoms with Crippen molar-refractivity contribution in [3.8, 4) is 0 Å². The highest BCUT2D eigenvalue weighted by atomic mass is 15.2. The van der Waals surface area contributed by atoms with Crippen molar-refractivity contribution in [2.45, 2.75) is 34.4 Å². The van der Waals surface area contributed by atoms with Crippen molar-refractivity contribution in [3.05, 3.63) is 65.2 Å². The summed E-state index contributed by atoms with van der Waals surface area (Å²) in [6.07, 6.45) is 0. The third-order valence-corrected chi connectivity index (χ3v) is 6.25. The van der Waals surface area contributed by atoms with Crippen LogP contribution >= 0.6 is 0 Å². The van der Waals surface area contributed by atoms with E-state index in [1.54, 1.807) is 0 Å². The molecule has 0 fully saturated rings. The van der Waals surface area contributed by atoms with Crippen LogP contribution in [0.3, 0.4) is 0 Å². The largest absolute Gasteiger partial charge is 0.313 e. The van der Waals surface area contributed by atoms with Crippen LogP contribution < -0.4 is 26.8 Å². The van der Waals surface area contributed by atoms with Gasteiger partial charge in [-0.25, -0.2) is 0 Å². The summed E-state index contributed by atoms with van der Waals surface area (Å²) in [7, 11) is 0. The molecule has 2 aliphatic heterocycles. The monoisotopic (exact) mass is 335 g/mol. The minimum Gasteiger partial charge on any atom is -0.313 e. The van der Waals surface area contributed by atoms with Crippen LogP contribution in [-0.4, -0.2) is 13.4 Å². The Hall–Kier alpha value is -2.41. The van der Waals surface area contributed by atoms with Crippen molar-refractivity contribution < 1.29 is 0 Å². The van der Waals surface area contributed by atoms with Gasteiger partial charge in [0, 0.05) is 17.1 Å². The summed E-state index contributed by atoms with van der Waals surface area (Å²) in [4.78, 5) is 2.52. The van der Waals surface area contributed by atoms with E-state index in [-0.39, 0.29) is 0 Å². The number of fused-ring (bicyclic) bond motifs is 4. The molecule has 3 aromatic carbocycles. The van der Waals surface area contributed by atoms with Crippen molar-refractivity contribution in [1.82, 2.24) is 0 Å². The van der Waals surface area contributed by atoms with Gasteiger partial charge >= 0.3 is 0 Å². The number of anilines is 3. The Morgan fingerprint density at radius 3 is 1.46 bits per heavy atom. The van der Waals surface area contributed by atoms with Crippen molar-refractivity contribution in [1.29, 1.82) is 0 Å². The fourth-order valence-electron chi connectivity index (χ4n) is 4.91. The van der Waals surface area contributed by atoms with Gasteiger partial charge in [-0.3, -0.25) is 0 Å². The molecule has 0 amide bonds. The average Bonchev–Trinajstić information content (AvgIpc) is 2.61. The molecule has 3 heteroatoms. The average molecular weight is 335 g/mol. The molecule has 0 radical (unpaired) electrons. The Bertz CT molecular complexity index is 989. The van der Waals surface area contributed by atoms with Crippen molar-refractivity contribution in [2.75, 3.05) is 4.90 Å². The summed E-state index contributed by atoms with van der Waals surface area (Å²) in [5.41, 5.74) is 14.0. The normalized spacial score (nSPS) is 14.1. The van der Waals surface area contributed by atoms with Crippen LogP contribution in [0.25, 0.3) is 0 Å². The zero-order valence-electron chi connectivity index (χ0n) is 16.2. The lowest BCUT2D eigenvalue weighted by molar-refractivity contribution is 1.28. The highest BCUT2D eigenvalue weighted by Gasteiger charge is 2.39. The number of hydrogen-bond donors (Lipinski definition) is 0. The third kappa shape index (κ3) is 2.00. The molecule has 3 aromatic rings. The molecular weight excluding hydrogens is 312 g/mol. The second-order valence-electron chi connectivity index (χ2n) is 8.20. The number of nitrogens with zero attached hydrogens (tertiary/aromatic N) is 1. The zero-order valence-corrected chi connectivity index (χ0v) is 16.2. The van der Waals surface area contributed by atoms with Gasteiger partial charge in [0.1, 0.15) is 0 Å². The molecular formula is C23H23B2N. The first-order valence-electron chi connectivity index (χ1n) is 9.61. The van der Waals surface area contributed by atoms with Gasteiger partial charge in [0.25, 0.3) is 0 Å². The van der Waals surface area contributed by atoms with Crippen molar-refractivity contribution in [3.63, 3.8) is 0 Å². The predicted octanol–water partition coefficient (Wildman–Crippen LogP) is 3.19. The van der Waals surface area contributed by atoms with E-state index in [4.69, 9.17) is 0 Å². The molecule has 126 valence electrons. The van der Waals surface area contributed by atoms with Gasteiger partial charge in [0.15, 0.2) is 0 Å². The highest BCUT2D eigenvalue weighted by molar-refractivity contribution is 6.92. The molecule has 0 spiro atoms. The maximum absolute atomic E-state index is 2.52. The summed E-state index contributed by atoms with van der Waals surface area (Å²) in [5, 5.41) is 0. The van der Waals surface area contributed by atoms with E-state index in [9.17, 15) is 0 Å². The Kier molecular flexibility index (Phi) is 3.22. The quantitative estimate of drug-likeness (QED) is 0.571. The van der Waals surface area contributed by atoms with E-state index in [0.717, 1.165) is 0 Å². The van der Waals surface area contributed by atoms with Gasteiger partial charge in [-0.15, -0.1) is 0 Å². The molecule has 0 saturated carbocycles. The molecule has 5 rings (SSSR count). The van der Waals surface area contributed by atoms with Gasteiger partial charge in [-0.2, -0.15) is 0 Å². The number of hydrogen-bond acceptors (Lipinski definition) is 1. The van der Waals surface area contributed by atoms with Crippen LogP contribution in [0.5, 0.6) is 0 Å². The van der Waals surface area contributed by atoms with E-state index < -0.39 is 0 Å². The molecule has 2 heterocycles. The van der Waals surface area contributed by atoms with Crippen LogP contribution in [0.2, 0.25) is 13.6 Å². The van der Waals surface area contributed by atoms with Gasteiger partial charge in [0.05, 0.1) is 0 Å². The molecule has 2 aliphatic rings. The third-order valence-electron chi connectivity index (χ3n) is 6.25. The minimum absolute atomic E-state index is 0.425. The molecule has 0 saturated heterocycles. The first kappa shape index (κ1) is 15.8. The maximum atomic E-state index is 2.52. The molecule has 0 aliphatic carbocycles. The Morgan fingerprint density at radius 2 is 1.00 bits per heavy atom. The number of benzene rings is 3. The number of aryl methyl sites for hydroxylation is 3. The molecule has 0 unspecified atom stereocenters. The lowest BCUT2D eigenvalue weighted by Crippen LogP contribution is -2.57. The molecule has 0 N–H and O–H groups in total. The topological polar surface area (TPSA) is 3.24 Å². The first-order valence-corrected chi connectivity index (χ1v) is 9.61. The Balaban J connectivity index is 1.91. The lowest BCUT2D eigenvalue weighted by Gasteiger charge is -2.43. The summed E-state index contributed by atoms with van der Waals surface area (Å²) in [6, 6.07) is 18.7. The van der Waals surface area contributed by atoms with Crippen LogP contribution in [-0.2, 0) is 0 Å². The van der Waals surface area contributed by atoms with E-state index in [0.29, 0.717) is 13.4 Å². The highest BCUT2D eigenvalue weighted by Crippen LogP contribution is 2.37. The summed E-state index contributed by atoms with van der Waals surface area (Å²) < 4.78 is 0. The van der Waals surface area contributed by atoms with Gasteiger partial charge in [-0.05, 0) is 32.9 Å². The van der Waals surface area contributed by atoms with Crippen LogP contribution in [0.15, 0.2) is 48.5 Å². The minimum atomic E-state index is 0.425. The maximum Gasteiger partial charge on any atom is 0.211 e. The Labute approximate surface area is 157 Å². The fraction of sp³-hybridized carbons (Fsp3) is 0.217. The second kappa shape index (κ2) is 5.30. The molecule has 0 bridgehead atoms. The van der Waals surface area contributed by atoms with Crippen LogP contribution in [0.1, 0.15) is 16.7 Å². The molecule has 0 atom stereocenters. The van der Waals surface area contributed by atoms with Crippen molar-refractivity contribution >= 4 is 52.3 Å². The summed E-state index contributed by atoms with van der Waals surface area (Å²) in [6.45, 7) is 12.2. The molecule has 26 heavy (non-hydrogen) atoms. The van der Waals surface area contributed by atoms with E-state index in [1.807, 2.05) is 0 Å².